The molecule has 0 aliphatic heterocycles. The van der Waals surface area contributed by atoms with Crippen LogP contribution in [0.1, 0.15) is 79.7 Å². The first-order valence-corrected chi connectivity index (χ1v) is 9.86. The van der Waals surface area contributed by atoms with Gasteiger partial charge in [-0.1, -0.05) is 52.0 Å². The standard InChI is InChI=1S/C24H29F/c1-14(2)20-9-7-16-5-6-17(12-22(16)20)23-13-18-11-19(25)8-10-21(18)24(23)15(3)4/h5-6,8,10-12,14-15,20,23-24H,7,9,13H2,1-4H3. The molecular formula is C24H29F. The van der Waals surface area contributed by atoms with E-state index in [4.69, 9.17) is 0 Å². The third-order valence-corrected chi connectivity index (χ3v) is 6.58. The van der Waals surface area contributed by atoms with Crippen molar-refractivity contribution in [1.82, 2.24) is 0 Å². The minimum absolute atomic E-state index is 0.101. The molecule has 4 rings (SSSR count). The van der Waals surface area contributed by atoms with E-state index in [-0.39, 0.29) is 5.82 Å². The van der Waals surface area contributed by atoms with Gasteiger partial charge in [-0.3, -0.25) is 0 Å². The summed E-state index contributed by atoms with van der Waals surface area (Å²) >= 11 is 0. The van der Waals surface area contributed by atoms with Gasteiger partial charge in [0.1, 0.15) is 5.82 Å². The number of aryl methyl sites for hydroxylation is 1. The summed E-state index contributed by atoms with van der Waals surface area (Å²) in [6.45, 7) is 9.30. The van der Waals surface area contributed by atoms with Crippen LogP contribution in [0.3, 0.4) is 0 Å². The lowest BCUT2D eigenvalue weighted by Crippen LogP contribution is -2.13. The van der Waals surface area contributed by atoms with Crippen molar-refractivity contribution in [2.24, 2.45) is 11.8 Å². The van der Waals surface area contributed by atoms with Gasteiger partial charge in [0, 0.05) is 0 Å². The molecule has 0 spiro atoms. The number of benzene rings is 2. The molecule has 25 heavy (non-hydrogen) atoms. The summed E-state index contributed by atoms with van der Waals surface area (Å²) in [6, 6.07) is 12.6. The molecule has 3 unspecified atom stereocenters. The largest absolute Gasteiger partial charge is 0.207 e. The van der Waals surface area contributed by atoms with Crippen LogP contribution in [-0.2, 0) is 12.8 Å². The zero-order valence-electron chi connectivity index (χ0n) is 15.9. The van der Waals surface area contributed by atoms with Crippen molar-refractivity contribution < 1.29 is 4.39 Å². The highest BCUT2D eigenvalue weighted by molar-refractivity contribution is 5.46. The maximum absolute atomic E-state index is 13.7. The maximum Gasteiger partial charge on any atom is 0.123 e. The minimum Gasteiger partial charge on any atom is -0.207 e. The van der Waals surface area contributed by atoms with Crippen molar-refractivity contribution in [1.29, 1.82) is 0 Å². The minimum atomic E-state index is -0.101. The average Bonchev–Trinajstić information content (AvgIpc) is 3.14. The summed E-state index contributed by atoms with van der Waals surface area (Å²) in [7, 11) is 0. The zero-order chi connectivity index (χ0) is 17.7. The van der Waals surface area contributed by atoms with E-state index >= 15 is 0 Å². The highest BCUT2D eigenvalue weighted by atomic mass is 19.1. The van der Waals surface area contributed by atoms with Crippen molar-refractivity contribution in [2.75, 3.05) is 0 Å². The molecule has 0 aromatic heterocycles. The third-order valence-electron chi connectivity index (χ3n) is 6.58. The first kappa shape index (κ1) is 16.8. The fourth-order valence-electron chi connectivity index (χ4n) is 5.38. The van der Waals surface area contributed by atoms with Gasteiger partial charge in [0.05, 0.1) is 0 Å². The van der Waals surface area contributed by atoms with Gasteiger partial charge in [0.25, 0.3) is 0 Å². The van der Waals surface area contributed by atoms with Crippen LogP contribution < -0.4 is 0 Å². The Bertz CT molecular complexity index is 787. The number of rotatable bonds is 3. The van der Waals surface area contributed by atoms with Crippen molar-refractivity contribution in [3.05, 3.63) is 70.0 Å². The smallest absolute Gasteiger partial charge is 0.123 e. The molecule has 0 bridgehead atoms. The zero-order valence-corrected chi connectivity index (χ0v) is 15.9. The lowest BCUT2D eigenvalue weighted by Gasteiger charge is -2.26. The second kappa shape index (κ2) is 6.27. The van der Waals surface area contributed by atoms with Gasteiger partial charge >= 0.3 is 0 Å². The molecule has 0 heterocycles. The number of halogens is 1. The fourth-order valence-corrected chi connectivity index (χ4v) is 5.38. The highest BCUT2D eigenvalue weighted by Crippen LogP contribution is 2.49. The molecule has 0 nitrogen and oxygen atoms in total. The van der Waals surface area contributed by atoms with Crippen LogP contribution in [0.5, 0.6) is 0 Å². The summed E-state index contributed by atoms with van der Waals surface area (Å²) in [5.74, 6) is 2.84. The van der Waals surface area contributed by atoms with Gasteiger partial charge in [-0.05, 0) is 88.8 Å². The maximum atomic E-state index is 13.7. The fraction of sp³-hybridized carbons (Fsp3) is 0.500. The van der Waals surface area contributed by atoms with E-state index < -0.39 is 0 Å². The number of fused-ring (bicyclic) bond motifs is 2. The summed E-state index contributed by atoms with van der Waals surface area (Å²) in [6.07, 6.45) is 3.49. The van der Waals surface area contributed by atoms with Crippen molar-refractivity contribution in [2.45, 2.75) is 64.7 Å². The van der Waals surface area contributed by atoms with Crippen LogP contribution in [-0.4, -0.2) is 0 Å². The van der Waals surface area contributed by atoms with E-state index in [1.807, 2.05) is 6.07 Å². The molecule has 2 aromatic carbocycles. The van der Waals surface area contributed by atoms with Crippen molar-refractivity contribution >= 4 is 0 Å². The molecule has 0 saturated heterocycles. The molecule has 3 atom stereocenters. The normalized spacial score (nSPS) is 24.8. The molecule has 132 valence electrons. The van der Waals surface area contributed by atoms with Crippen molar-refractivity contribution in [3.8, 4) is 0 Å². The van der Waals surface area contributed by atoms with Gasteiger partial charge in [-0.2, -0.15) is 0 Å². The summed E-state index contributed by atoms with van der Waals surface area (Å²) in [4.78, 5) is 0. The van der Waals surface area contributed by atoms with Crippen LogP contribution in [0.4, 0.5) is 4.39 Å². The third kappa shape index (κ3) is 2.82. The van der Waals surface area contributed by atoms with E-state index in [1.165, 1.54) is 29.5 Å². The Morgan fingerprint density at radius 1 is 0.880 bits per heavy atom. The quantitative estimate of drug-likeness (QED) is 0.593. The van der Waals surface area contributed by atoms with Crippen LogP contribution in [0.15, 0.2) is 36.4 Å². The first-order chi connectivity index (χ1) is 12.0. The van der Waals surface area contributed by atoms with Gasteiger partial charge < -0.3 is 0 Å². The molecule has 1 heteroatoms. The molecule has 2 aliphatic rings. The molecule has 0 fully saturated rings. The van der Waals surface area contributed by atoms with E-state index in [0.717, 1.165) is 6.42 Å². The molecule has 0 saturated carbocycles. The monoisotopic (exact) mass is 336 g/mol. The second-order valence-electron chi connectivity index (χ2n) is 8.77. The van der Waals surface area contributed by atoms with Crippen LogP contribution >= 0.6 is 0 Å². The number of hydrogen-bond acceptors (Lipinski definition) is 0. The predicted molar refractivity (Wildman–Crippen MR) is 103 cm³/mol. The van der Waals surface area contributed by atoms with Crippen LogP contribution in [0.25, 0.3) is 0 Å². The SMILES string of the molecule is CC(C)C1CCc2ccc(C3Cc4cc(F)ccc4C3C(C)C)cc21. The summed E-state index contributed by atoms with van der Waals surface area (Å²) < 4.78 is 13.7. The van der Waals surface area contributed by atoms with Crippen LogP contribution in [0.2, 0.25) is 0 Å². The Morgan fingerprint density at radius 3 is 2.40 bits per heavy atom. The van der Waals surface area contributed by atoms with Gasteiger partial charge in [0.15, 0.2) is 0 Å². The molecule has 2 aromatic rings. The lowest BCUT2D eigenvalue weighted by molar-refractivity contribution is 0.444. The Morgan fingerprint density at radius 2 is 1.68 bits per heavy atom. The van der Waals surface area contributed by atoms with E-state index in [1.54, 1.807) is 23.3 Å². The lowest BCUT2D eigenvalue weighted by atomic mass is 9.78. The molecule has 0 amide bonds. The average molecular weight is 336 g/mol. The van der Waals surface area contributed by atoms with Gasteiger partial charge in [-0.15, -0.1) is 0 Å². The second-order valence-corrected chi connectivity index (χ2v) is 8.77. The first-order valence-electron chi connectivity index (χ1n) is 9.86. The van der Waals surface area contributed by atoms with Crippen LogP contribution in [0, 0.1) is 17.7 Å². The molecule has 0 radical (unpaired) electrons. The van der Waals surface area contributed by atoms with Crippen molar-refractivity contribution in [3.63, 3.8) is 0 Å². The van der Waals surface area contributed by atoms with E-state index in [0.29, 0.717) is 29.6 Å². The van der Waals surface area contributed by atoms with E-state index in [9.17, 15) is 4.39 Å². The summed E-state index contributed by atoms with van der Waals surface area (Å²) in [5, 5.41) is 0. The Labute approximate surface area is 151 Å². The Hall–Kier alpha value is -1.63. The highest BCUT2D eigenvalue weighted by Gasteiger charge is 2.36. The topological polar surface area (TPSA) is 0 Å². The Kier molecular flexibility index (Phi) is 4.22. The van der Waals surface area contributed by atoms with Gasteiger partial charge in [-0.25, -0.2) is 4.39 Å². The van der Waals surface area contributed by atoms with E-state index in [2.05, 4.69) is 45.9 Å². The van der Waals surface area contributed by atoms with Gasteiger partial charge in [0.2, 0.25) is 0 Å². The molecule has 0 N–H and O–H groups in total. The Balaban J connectivity index is 1.74. The summed E-state index contributed by atoms with van der Waals surface area (Å²) in [5.41, 5.74) is 7.16. The number of hydrogen-bond donors (Lipinski definition) is 0. The molecule has 2 aliphatic carbocycles. The predicted octanol–water partition coefficient (Wildman–Crippen LogP) is 6.59. The molecular weight excluding hydrogens is 307 g/mol.